The third kappa shape index (κ3) is 1.82. The van der Waals surface area contributed by atoms with Gasteiger partial charge in [-0.05, 0) is 19.1 Å². The summed E-state index contributed by atoms with van der Waals surface area (Å²) < 4.78 is 4.98. The number of rotatable bonds is 2. The molecule has 5 nitrogen and oxygen atoms in total. The Morgan fingerprint density at radius 3 is 2.93 bits per heavy atom. The van der Waals surface area contributed by atoms with Crippen LogP contribution in [0.3, 0.4) is 0 Å². The molecule has 0 radical (unpaired) electrons. The van der Waals surface area contributed by atoms with Gasteiger partial charge >= 0.3 is 0 Å². The summed E-state index contributed by atoms with van der Waals surface area (Å²) in [5.41, 5.74) is 8.11. The van der Waals surface area contributed by atoms with Crippen LogP contribution in [0, 0.1) is 6.92 Å². The number of hydrogen-bond acceptors (Lipinski definition) is 5. The highest BCUT2D eigenvalue weighted by Gasteiger charge is 2.10. The van der Waals surface area contributed by atoms with Crippen molar-refractivity contribution < 1.29 is 9.63 Å². The Morgan fingerprint density at radius 2 is 2.27 bits per heavy atom. The molecular formula is C10H11N3O2. The third-order valence-electron chi connectivity index (χ3n) is 2.05. The minimum atomic E-state index is -0.241. The minimum Gasteiger partial charge on any atom is -0.398 e. The van der Waals surface area contributed by atoms with Crippen LogP contribution < -0.4 is 5.73 Å². The quantitative estimate of drug-likeness (QED) is 0.717. The van der Waals surface area contributed by atoms with Crippen LogP contribution in [-0.2, 0) is 6.61 Å². The van der Waals surface area contributed by atoms with Crippen molar-refractivity contribution in [2.45, 2.75) is 13.5 Å². The molecule has 0 saturated carbocycles. The average molecular weight is 205 g/mol. The highest BCUT2D eigenvalue weighted by Crippen LogP contribution is 2.25. The largest absolute Gasteiger partial charge is 0.398 e. The van der Waals surface area contributed by atoms with E-state index in [1.54, 1.807) is 6.07 Å². The summed E-state index contributed by atoms with van der Waals surface area (Å²) in [5, 5.41) is 12.4. The Bertz CT molecular complexity index is 479. The first-order valence-corrected chi connectivity index (χ1v) is 4.50. The Labute approximate surface area is 86.5 Å². The van der Waals surface area contributed by atoms with Crippen molar-refractivity contribution in [3.05, 3.63) is 29.6 Å². The van der Waals surface area contributed by atoms with E-state index in [4.69, 9.17) is 15.4 Å². The van der Waals surface area contributed by atoms with Crippen molar-refractivity contribution in [3.63, 3.8) is 0 Å². The summed E-state index contributed by atoms with van der Waals surface area (Å²) in [6.45, 7) is 1.71. The van der Waals surface area contributed by atoms with Gasteiger partial charge < -0.3 is 15.4 Å². The molecule has 15 heavy (non-hydrogen) atoms. The van der Waals surface area contributed by atoms with Crippen LogP contribution >= 0.6 is 0 Å². The van der Waals surface area contributed by atoms with E-state index >= 15 is 0 Å². The molecule has 2 rings (SSSR count). The van der Waals surface area contributed by atoms with Gasteiger partial charge in [-0.25, -0.2) is 0 Å². The van der Waals surface area contributed by atoms with Crippen LogP contribution in [0.1, 0.15) is 11.4 Å². The Hall–Kier alpha value is -1.88. The molecule has 0 aliphatic carbocycles. The van der Waals surface area contributed by atoms with Gasteiger partial charge in [0.05, 0.1) is 5.56 Å². The molecule has 0 bridgehead atoms. The molecule has 0 unspecified atom stereocenters. The van der Waals surface area contributed by atoms with E-state index in [1.807, 2.05) is 19.1 Å². The number of aliphatic hydroxyl groups excluding tert-OH is 1. The van der Waals surface area contributed by atoms with E-state index in [1.165, 1.54) is 0 Å². The van der Waals surface area contributed by atoms with Gasteiger partial charge in [-0.2, -0.15) is 4.98 Å². The van der Waals surface area contributed by atoms with Crippen LogP contribution in [0.15, 0.2) is 22.7 Å². The molecular weight excluding hydrogens is 194 g/mol. The molecule has 0 fully saturated rings. The van der Waals surface area contributed by atoms with E-state index in [9.17, 15) is 0 Å². The van der Waals surface area contributed by atoms with Gasteiger partial charge in [0.2, 0.25) is 0 Å². The summed E-state index contributed by atoms with van der Waals surface area (Å²) in [6, 6.07) is 5.56. The molecule has 0 saturated heterocycles. The lowest BCUT2D eigenvalue weighted by Gasteiger charge is -2.01. The molecule has 3 N–H and O–H groups in total. The zero-order valence-electron chi connectivity index (χ0n) is 8.27. The van der Waals surface area contributed by atoms with Gasteiger partial charge in [0, 0.05) is 5.69 Å². The third-order valence-corrected chi connectivity index (χ3v) is 2.05. The summed E-state index contributed by atoms with van der Waals surface area (Å²) in [6.07, 6.45) is 0. The van der Waals surface area contributed by atoms with Crippen LogP contribution in [0.4, 0.5) is 5.69 Å². The summed E-state index contributed by atoms with van der Waals surface area (Å²) in [7, 11) is 0. The molecule has 0 aliphatic rings. The number of aryl methyl sites for hydroxylation is 1. The zero-order chi connectivity index (χ0) is 10.8. The number of benzene rings is 1. The van der Waals surface area contributed by atoms with Crippen LogP contribution in [0.25, 0.3) is 11.5 Å². The van der Waals surface area contributed by atoms with E-state index in [0.29, 0.717) is 17.1 Å². The monoisotopic (exact) mass is 205 g/mol. The first kappa shape index (κ1) is 9.67. The predicted molar refractivity (Wildman–Crippen MR) is 54.8 cm³/mol. The number of nitrogens with two attached hydrogens (primary N) is 1. The fourth-order valence-corrected chi connectivity index (χ4v) is 1.28. The Kier molecular flexibility index (Phi) is 2.39. The highest BCUT2D eigenvalue weighted by atomic mass is 16.5. The van der Waals surface area contributed by atoms with Gasteiger partial charge in [0.25, 0.3) is 5.89 Å². The molecule has 1 heterocycles. The maximum absolute atomic E-state index is 8.81. The van der Waals surface area contributed by atoms with Crippen LogP contribution in [0.5, 0.6) is 0 Å². The first-order valence-electron chi connectivity index (χ1n) is 4.50. The molecule has 5 heteroatoms. The highest BCUT2D eigenvalue weighted by molar-refractivity contribution is 5.70. The van der Waals surface area contributed by atoms with Crippen molar-refractivity contribution in [2.24, 2.45) is 0 Å². The van der Waals surface area contributed by atoms with Gasteiger partial charge in [-0.15, -0.1) is 0 Å². The second-order valence-corrected chi connectivity index (χ2v) is 3.26. The summed E-state index contributed by atoms with van der Waals surface area (Å²) in [5.74, 6) is 0.589. The van der Waals surface area contributed by atoms with Crippen molar-refractivity contribution in [2.75, 3.05) is 5.73 Å². The molecule has 0 atom stereocenters. The van der Waals surface area contributed by atoms with Gasteiger partial charge in [-0.3, -0.25) is 0 Å². The number of aromatic nitrogens is 2. The molecule has 2 aromatic rings. The molecule has 78 valence electrons. The van der Waals surface area contributed by atoms with Crippen molar-refractivity contribution in [3.8, 4) is 11.5 Å². The Balaban J connectivity index is 2.48. The van der Waals surface area contributed by atoms with Gasteiger partial charge in [-0.1, -0.05) is 16.8 Å². The molecule has 0 amide bonds. The zero-order valence-corrected chi connectivity index (χ0v) is 8.27. The lowest BCUT2D eigenvalue weighted by molar-refractivity contribution is 0.264. The predicted octanol–water partition coefficient (Wildman–Crippen LogP) is 1.12. The second kappa shape index (κ2) is 3.70. The number of aliphatic hydroxyl groups is 1. The summed E-state index contributed by atoms with van der Waals surface area (Å²) in [4.78, 5) is 3.99. The standard InChI is InChI=1S/C10H11N3O2/c1-6-2-3-8(11)7(4-6)10-12-9(5-14)13-15-10/h2-4,14H,5,11H2,1H3. The fourth-order valence-electron chi connectivity index (χ4n) is 1.28. The van der Waals surface area contributed by atoms with Gasteiger partial charge in [0.15, 0.2) is 5.82 Å². The van der Waals surface area contributed by atoms with E-state index in [-0.39, 0.29) is 12.4 Å². The van der Waals surface area contributed by atoms with Crippen molar-refractivity contribution >= 4 is 5.69 Å². The average Bonchev–Trinajstić information content (AvgIpc) is 2.70. The maximum atomic E-state index is 8.81. The summed E-state index contributed by atoms with van der Waals surface area (Å²) >= 11 is 0. The van der Waals surface area contributed by atoms with Crippen molar-refractivity contribution in [1.82, 2.24) is 10.1 Å². The smallest absolute Gasteiger partial charge is 0.260 e. The number of anilines is 1. The van der Waals surface area contributed by atoms with E-state index in [0.717, 1.165) is 5.56 Å². The SMILES string of the molecule is Cc1ccc(N)c(-c2nc(CO)no2)c1. The van der Waals surface area contributed by atoms with E-state index in [2.05, 4.69) is 10.1 Å². The minimum absolute atomic E-state index is 0.241. The van der Waals surface area contributed by atoms with E-state index < -0.39 is 0 Å². The number of hydrogen-bond donors (Lipinski definition) is 2. The lowest BCUT2D eigenvalue weighted by atomic mass is 10.1. The van der Waals surface area contributed by atoms with Crippen molar-refractivity contribution in [1.29, 1.82) is 0 Å². The molecule has 1 aromatic carbocycles. The fraction of sp³-hybridized carbons (Fsp3) is 0.200. The molecule has 0 aliphatic heterocycles. The normalized spacial score (nSPS) is 10.5. The topological polar surface area (TPSA) is 85.2 Å². The van der Waals surface area contributed by atoms with Crippen LogP contribution in [-0.4, -0.2) is 15.2 Å². The number of nitrogen functional groups attached to an aromatic ring is 1. The number of nitrogens with zero attached hydrogens (tertiary/aromatic N) is 2. The lowest BCUT2D eigenvalue weighted by Crippen LogP contribution is -1.91. The molecule has 0 spiro atoms. The van der Waals surface area contributed by atoms with Crippen LogP contribution in [0.2, 0.25) is 0 Å². The maximum Gasteiger partial charge on any atom is 0.260 e. The molecule has 1 aromatic heterocycles. The Morgan fingerprint density at radius 1 is 1.47 bits per heavy atom. The first-order chi connectivity index (χ1) is 7.20. The second-order valence-electron chi connectivity index (χ2n) is 3.26. The van der Waals surface area contributed by atoms with Gasteiger partial charge in [0.1, 0.15) is 6.61 Å².